The van der Waals surface area contributed by atoms with E-state index in [0.717, 1.165) is 11.1 Å². The SMILES string of the molecule is Cc1ccc(CNC(=O)[C@H]2CCCN(S(=O)(=O)Cc3ccc(Cl)cc3Cl)C2)cc1. The van der Waals surface area contributed by atoms with E-state index in [0.29, 0.717) is 41.5 Å². The summed E-state index contributed by atoms with van der Waals surface area (Å²) in [7, 11) is -3.58. The van der Waals surface area contributed by atoms with E-state index in [2.05, 4.69) is 5.32 Å². The molecule has 1 aliphatic heterocycles. The Labute approximate surface area is 182 Å². The van der Waals surface area contributed by atoms with Crippen LogP contribution in [0, 0.1) is 12.8 Å². The van der Waals surface area contributed by atoms with Crippen molar-refractivity contribution in [3.8, 4) is 0 Å². The number of sulfonamides is 1. The minimum atomic E-state index is -3.58. The average Bonchev–Trinajstić information content (AvgIpc) is 2.69. The molecule has 1 fully saturated rings. The third kappa shape index (κ3) is 5.95. The second-order valence-corrected chi connectivity index (χ2v) is 10.2. The van der Waals surface area contributed by atoms with Gasteiger partial charge in [-0.25, -0.2) is 12.7 Å². The molecule has 1 N–H and O–H groups in total. The Morgan fingerprint density at radius 1 is 1.17 bits per heavy atom. The molecule has 0 saturated carbocycles. The number of halogens is 2. The van der Waals surface area contributed by atoms with Crippen molar-refractivity contribution in [1.82, 2.24) is 9.62 Å². The highest BCUT2D eigenvalue weighted by Crippen LogP contribution is 2.26. The van der Waals surface area contributed by atoms with E-state index in [1.165, 1.54) is 10.4 Å². The number of carbonyl (C=O) groups excluding carboxylic acids is 1. The molecule has 1 saturated heterocycles. The van der Waals surface area contributed by atoms with Crippen molar-refractivity contribution in [2.45, 2.75) is 32.1 Å². The third-order valence-corrected chi connectivity index (χ3v) is 7.47. The highest BCUT2D eigenvalue weighted by Gasteiger charge is 2.32. The van der Waals surface area contributed by atoms with E-state index in [1.807, 2.05) is 31.2 Å². The van der Waals surface area contributed by atoms with Gasteiger partial charge in [0, 0.05) is 29.7 Å². The van der Waals surface area contributed by atoms with E-state index in [4.69, 9.17) is 23.2 Å². The van der Waals surface area contributed by atoms with Gasteiger partial charge in [-0.2, -0.15) is 0 Å². The number of nitrogens with one attached hydrogen (secondary N) is 1. The second kappa shape index (κ2) is 9.47. The van der Waals surface area contributed by atoms with Crippen LogP contribution in [0.25, 0.3) is 0 Å². The van der Waals surface area contributed by atoms with Crippen LogP contribution < -0.4 is 5.32 Å². The van der Waals surface area contributed by atoms with Gasteiger partial charge in [-0.05, 0) is 43.0 Å². The summed E-state index contributed by atoms with van der Waals surface area (Å²) in [6.45, 7) is 3.04. The first-order valence-electron chi connectivity index (χ1n) is 9.49. The fourth-order valence-corrected chi connectivity index (χ4v) is 5.57. The zero-order valence-corrected chi connectivity index (χ0v) is 18.5. The molecule has 5 nitrogen and oxygen atoms in total. The Kier molecular flexibility index (Phi) is 7.22. The number of carbonyl (C=O) groups is 1. The van der Waals surface area contributed by atoms with Crippen molar-refractivity contribution in [2.75, 3.05) is 13.1 Å². The maximum atomic E-state index is 12.9. The first-order valence-corrected chi connectivity index (χ1v) is 11.9. The summed E-state index contributed by atoms with van der Waals surface area (Å²) in [5, 5.41) is 3.71. The van der Waals surface area contributed by atoms with Gasteiger partial charge < -0.3 is 5.32 Å². The Morgan fingerprint density at radius 2 is 1.90 bits per heavy atom. The molecule has 0 radical (unpaired) electrons. The zero-order valence-electron chi connectivity index (χ0n) is 16.2. The highest BCUT2D eigenvalue weighted by atomic mass is 35.5. The van der Waals surface area contributed by atoms with Gasteiger partial charge in [-0.1, -0.05) is 59.1 Å². The topological polar surface area (TPSA) is 66.5 Å². The first kappa shape index (κ1) is 22.1. The largest absolute Gasteiger partial charge is 0.352 e. The second-order valence-electron chi connectivity index (χ2n) is 7.39. The summed E-state index contributed by atoms with van der Waals surface area (Å²) in [5.74, 6) is -0.680. The highest BCUT2D eigenvalue weighted by molar-refractivity contribution is 7.88. The van der Waals surface area contributed by atoms with Crippen molar-refractivity contribution in [1.29, 1.82) is 0 Å². The van der Waals surface area contributed by atoms with E-state index >= 15 is 0 Å². The smallest absolute Gasteiger partial charge is 0.224 e. The van der Waals surface area contributed by atoms with Crippen LogP contribution in [0.1, 0.15) is 29.5 Å². The van der Waals surface area contributed by atoms with E-state index in [-0.39, 0.29) is 24.1 Å². The summed E-state index contributed by atoms with van der Waals surface area (Å²) in [4.78, 5) is 12.6. The molecule has 29 heavy (non-hydrogen) atoms. The molecule has 0 aliphatic carbocycles. The lowest BCUT2D eigenvalue weighted by Gasteiger charge is -2.31. The molecule has 0 bridgehead atoms. The van der Waals surface area contributed by atoms with E-state index in [1.54, 1.807) is 12.1 Å². The normalized spacial score (nSPS) is 17.8. The molecule has 8 heteroatoms. The fraction of sp³-hybridized carbons (Fsp3) is 0.381. The summed E-state index contributed by atoms with van der Waals surface area (Å²) >= 11 is 12.0. The van der Waals surface area contributed by atoms with Crippen LogP contribution in [0.5, 0.6) is 0 Å². The van der Waals surface area contributed by atoms with Crippen molar-refractivity contribution in [2.24, 2.45) is 5.92 Å². The Balaban J connectivity index is 1.61. The van der Waals surface area contributed by atoms with Crippen molar-refractivity contribution in [3.63, 3.8) is 0 Å². The molecule has 156 valence electrons. The van der Waals surface area contributed by atoms with E-state index in [9.17, 15) is 13.2 Å². The number of aryl methyl sites for hydroxylation is 1. The molecule has 1 heterocycles. The van der Waals surface area contributed by atoms with E-state index < -0.39 is 10.0 Å². The molecule has 1 atom stereocenters. The van der Waals surface area contributed by atoms with Crippen LogP contribution in [0.4, 0.5) is 0 Å². The number of hydrogen-bond acceptors (Lipinski definition) is 3. The Bertz CT molecular complexity index is 978. The van der Waals surface area contributed by atoms with Gasteiger partial charge in [-0.15, -0.1) is 0 Å². The van der Waals surface area contributed by atoms with Gasteiger partial charge in [0.1, 0.15) is 0 Å². The predicted octanol–water partition coefficient (Wildman–Crippen LogP) is 4.16. The van der Waals surface area contributed by atoms with Gasteiger partial charge in [0.2, 0.25) is 15.9 Å². The zero-order chi connectivity index (χ0) is 21.0. The van der Waals surface area contributed by atoms with Crippen molar-refractivity contribution < 1.29 is 13.2 Å². The van der Waals surface area contributed by atoms with Crippen LogP contribution in [0.2, 0.25) is 10.0 Å². The fourth-order valence-electron chi connectivity index (χ4n) is 3.38. The van der Waals surface area contributed by atoms with Crippen LogP contribution >= 0.6 is 23.2 Å². The van der Waals surface area contributed by atoms with Gasteiger partial charge in [0.05, 0.1) is 11.7 Å². The summed E-state index contributed by atoms with van der Waals surface area (Å²) in [5.41, 5.74) is 2.68. The number of benzene rings is 2. The van der Waals surface area contributed by atoms with Crippen molar-refractivity contribution in [3.05, 3.63) is 69.2 Å². The predicted molar refractivity (Wildman–Crippen MR) is 116 cm³/mol. The lowest BCUT2D eigenvalue weighted by atomic mass is 9.98. The number of hydrogen-bond donors (Lipinski definition) is 1. The molecule has 1 amide bonds. The van der Waals surface area contributed by atoms with Gasteiger partial charge in [0.15, 0.2) is 0 Å². The quantitative estimate of drug-likeness (QED) is 0.712. The number of nitrogens with zero attached hydrogens (tertiary/aromatic N) is 1. The van der Waals surface area contributed by atoms with Crippen LogP contribution in [0.15, 0.2) is 42.5 Å². The molecule has 0 unspecified atom stereocenters. The molecule has 2 aromatic carbocycles. The molecular weight excluding hydrogens is 431 g/mol. The number of piperidine rings is 1. The molecule has 0 spiro atoms. The van der Waals surface area contributed by atoms with Crippen molar-refractivity contribution >= 4 is 39.1 Å². The molecular formula is C21H24Cl2N2O3S. The van der Waals surface area contributed by atoms with Crippen LogP contribution in [-0.2, 0) is 27.1 Å². The summed E-state index contributed by atoms with van der Waals surface area (Å²) < 4.78 is 27.1. The maximum absolute atomic E-state index is 12.9. The average molecular weight is 455 g/mol. The number of rotatable bonds is 6. The minimum Gasteiger partial charge on any atom is -0.352 e. The first-order chi connectivity index (χ1) is 13.7. The molecule has 3 rings (SSSR count). The summed E-state index contributed by atoms with van der Waals surface area (Å²) in [6, 6.07) is 12.7. The third-order valence-electron chi connectivity index (χ3n) is 5.09. The molecule has 0 aromatic heterocycles. The molecule has 2 aromatic rings. The lowest BCUT2D eigenvalue weighted by molar-refractivity contribution is -0.126. The number of amides is 1. The van der Waals surface area contributed by atoms with Gasteiger partial charge >= 0.3 is 0 Å². The summed E-state index contributed by atoms with van der Waals surface area (Å²) in [6.07, 6.45) is 1.32. The minimum absolute atomic E-state index is 0.116. The van der Waals surface area contributed by atoms with Gasteiger partial charge in [-0.3, -0.25) is 4.79 Å². The lowest BCUT2D eigenvalue weighted by Crippen LogP contribution is -2.45. The monoisotopic (exact) mass is 454 g/mol. The van der Waals surface area contributed by atoms with Crippen LogP contribution in [0.3, 0.4) is 0 Å². The Hall–Kier alpha value is -1.60. The van der Waals surface area contributed by atoms with Crippen LogP contribution in [-0.4, -0.2) is 31.7 Å². The standard InChI is InChI=1S/C21H24Cl2N2O3S/c1-15-4-6-16(7-5-15)12-24-21(26)17-3-2-10-25(13-17)29(27,28)14-18-8-9-19(22)11-20(18)23/h4-9,11,17H,2-3,10,12-14H2,1H3,(H,24,26)/t17-/m0/s1. The Morgan fingerprint density at radius 3 is 2.59 bits per heavy atom. The van der Waals surface area contributed by atoms with Gasteiger partial charge in [0.25, 0.3) is 0 Å². The maximum Gasteiger partial charge on any atom is 0.224 e. The molecule has 1 aliphatic rings.